The fourth-order valence-electron chi connectivity index (χ4n) is 0. The molecular formula is HLiNiTiV. The van der Waals surface area contributed by atoms with Gasteiger partial charge in [-0.3, -0.25) is 0 Å². The monoisotopic (exact) mass is 165 g/mol. The molecule has 0 atom stereocenters. The molecule has 1 radical (unpaired) electrons. The Hall–Kier alpha value is 2.39. The molecule has 0 saturated carbocycles. The molecule has 0 amide bonds. The van der Waals surface area contributed by atoms with Gasteiger partial charge < -0.3 is 1.43 Å². The molecule has 0 bridgehead atoms. The summed E-state index contributed by atoms with van der Waals surface area (Å²) in [5, 5.41) is 0. The van der Waals surface area contributed by atoms with Gasteiger partial charge >= 0.3 is 18.9 Å². The first kappa shape index (κ1) is 32.5. The maximum atomic E-state index is 0. The van der Waals surface area contributed by atoms with Gasteiger partial charge in [0, 0.05) is 56.8 Å². The molecule has 0 aromatic rings. The second-order valence-electron chi connectivity index (χ2n) is 0. The molecule has 0 aliphatic heterocycles. The molecular weight excluding hydrogens is 164 g/mol. The van der Waals surface area contributed by atoms with Gasteiger partial charge in [-0.05, 0) is 0 Å². The zero-order valence-corrected chi connectivity index (χ0v) is 6.21. The molecule has 0 aromatic carbocycles. The average Bonchev–Trinajstić information content (AvgIpc) is 0. The summed E-state index contributed by atoms with van der Waals surface area (Å²) in [5.74, 6) is 0. The standard InChI is InChI=1S/Li.Ni.Ti.V.H/q+1;;;;-1. The summed E-state index contributed by atoms with van der Waals surface area (Å²) in [6.45, 7) is 0. The largest absolute Gasteiger partial charge is 1.00 e. The molecule has 0 unspecified atom stereocenters. The van der Waals surface area contributed by atoms with E-state index >= 15 is 0 Å². The molecule has 0 heterocycles. The maximum absolute atomic E-state index is 0. The van der Waals surface area contributed by atoms with Gasteiger partial charge in [-0.25, -0.2) is 0 Å². The first-order valence-corrected chi connectivity index (χ1v) is 0. The third-order valence-corrected chi connectivity index (χ3v) is 0. The summed E-state index contributed by atoms with van der Waals surface area (Å²) in [4.78, 5) is 0. The number of hydrogen-bond acceptors (Lipinski definition) is 0. The van der Waals surface area contributed by atoms with Gasteiger partial charge in [0.25, 0.3) is 0 Å². The van der Waals surface area contributed by atoms with Gasteiger partial charge in [-0.2, -0.15) is 0 Å². The minimum absolute atomic E-state index is 0. The Kier molecular flexibility index (Phi) is 148. The summed E-state index contributed by atoms with van der Waals surface area (Å²) in [6.07, 6.45) is 0. The van der Waals surface area contributed by atoms with E-state index in [1.165, 1.54) is 0 Å². The van der Waals surface area contributed by atoms with E-state index in [0.29, 0.717) is 0 Å². The molecule has 4 heteroatoms. The topological polar surface area (TPSA) is 0 Å². The van der Waals surface area contributed by atoms with Crippen LogP contribution in [0.5, 0.6) is 0 Å². The fourth-order valence-corrected chi connectivity index (χ4v) is 0. The first-order valence-electron chi connectivity index (χ1n) is 0. The van der Waals surface area contributed by atoms with Gasteiger partial charge in [0.05, 0.1) is 0 Å². The smallest absolute Gasteiger partial charge is 1.00 e. The summed E-state index contributed by atoms with van der Waals surface area (Å²) in [5.41, 5.74) is 0. The van der Waals surface area contributed by atoms with Crippen molar-refractivity contribution in [1.82, 2.24) is 0 Å². The Morgan fingerprint density at radius 3 is 1.25 bits per heavy atom. The molecule has 0 spiro atoms. The van der Waals surface area contributed by atoms with E-state index < -0.39 is 0 Å². The summed E-state index contributed by atoms with van der Waals surface area (Å²) < 4.78 is 0. The summed E-state index contributed by atoms with van der Waals surface area (Å²) >= 11 is 0. The van der Waals surface area contributed by atoms with Crippen LogP contribution in [0.3, 0.4) is 0 Å². The van der Waals surface area contributed by atoms with E-state index in [-0.39, 0.29) is 77.1 Å². The van der Waals surface area contributed by atoms with Crippen molar-refractivity contribution in [3.8, 4) is 0 Å². The van der Waals surface area contributed by atoms with Crippen LogP contribution < -0.4 is 18.9 Å². The third-order valence-electron chi connectivity index (χ3n) is 0. The Morgan fingerprint density at radius 1 is 1.25 bits per heavy atom. The zero-order valence-electron chi connectivity index (χ0n) is 3.26. The summed E-state index contributed by atoms with van der Waals surface area (Å²) in [7, 11) is 0. The zero-order chi connectivity index (χ0) is 0. The van der Waals surface area contributed by atoms with E-state index in [2.05, 4.69) is 0 Å². The molecule has 0 aliphatic rings. The van der Waals surface area contributed by atoms with Gasteiger partial charge in [-0.1, -0.05) is 0 Å². The van der Waals surface area contributed by atoms with Crippen molar-refractivity contribution < 1.29 is 77.1 Å². The van der Waals surface area contributed by atoms with E-state index in [4.69, 9.17) is 0 Å². The van der Waals surface area contributed by atoms with Crippen molar-refractivity contribution in [2.75, 3.05) is 0 Å². The third kappa shape index (κ3) is 8.83. The Bertz CT molecular complexity index is 11.6. The second-order valence-corrected chi connectivity index (χ2v) is 0. The van der Waals surface area contributed by atoms with Crippen LogP contribution in [-0.2, 0) is 56.8 Å². The molecule has 21 valence electrons. The van der Waals surface area contributed by atoms with Crippen LogP contribution in [-0.4, -0.2) is 0 Å². The number of rotatable bonds is 0. The first-order chi connectivity index (χ1) is 0. The maximum Gasteiger partial charge on any atom is 1.00 e. The molecule has 0 aromatic heterocycles. The van der Waals surface area contributed by atoms with Gasteiger partial charge in [0.2, 0.25) is 0 Å². The molecule has 0 fully saturated rings. The molecule has 0 saturated heterocycles. The van der Waals surface area contributed by atoms with Gasteiger partial charge in [0.15, 0.2) is 0 Å². The minimum atomic E-state index is 0. The molecule has 0 rings (SSSR count). The van der Waals surface area contributed by atoms with Gasteiger partial charge in [0.1, 0.15) is 0 Å². The van der Waals surface area contributed by atoms with E-state index in [1.807, 2.05) is 0 Å². The van der Waals surface area contributed by atoms with Crippen molar-refractivity contribution in [1.29, 1.82) is 0 Å². The van der Waals surface area contributed by atoms with Crippen LogP contribution in [0.25, 0.3) is 0 Å². The fraction of sp³-hybridized carbons (Fsp3) is 0. The van der Waals surface area contributed by atoms with Crippen molar-refractivity contribution in [3.05, 3.63) is 0 Å². The van der Waals surface area contributed by atoms with Crippen LogP contribution in [0.4, 0.5) is 0 Å². The SMILES string of the molecule is [H-].[Li+].[Ni].[Ti].[V]. The Morgan fingerprint density at radius 2 is 1.25 bits per heavy atom. The van der Waals surface area contributed by atoms with E-state index in [9.17, 15) is 0 Å². The van der Waals surface area contributed by atoms with E-state index in [1.54, 1.807) is 0 Å². The molecule has 0 N–H and O–H groups in total. The summed E-state index contributed by atoms with van der Waals surface area (Å²) in [6, 6.07) is 0. The normalized spacial score (nSPS) is 0. The van der Waals surface area contributed by atoms with Crippen molar-refractivity contribution in [2.45, 2.75) is 0 Å². The van der Waals surface area contributed by atoms with E-state index in [0.717, 1.165) is 0 Å². The van der Waals surface area contributed by atoms with Crippen molar-refractivity contribution >= 4 is 0 Å². The van der Waals surface area contributed by atoms with Crippen LogP contribution in [0, 0.1) is 0 Å². The average molecular weight is 165 g/mol. The van der Waals surface area contributed by atoms with Crippen molar-refractivity contribution in [3.63, 3.8) is 0 Å². The molecule has 4 heavy (non-hydrogen) atoms. The molecule has 0 aliphatic carbocycles. The van der Waals surface area contributed by atoms with Crippen molar-refractivity contribution in [2.24, 2.45) is 0 Å². The van der Waals surface area contributed by atoms with Crippen LogP contribution in [0.2, 0.25) is 0 Å². The number of hydrogen-bond donors (Lipinski definition) is 0. The van der Waals surface area contributed by atoms with Crippen LogP contribution in [0.1, 0.15) is 1.43 Å². The minimum Gasteiger partial charge on any atom is -1.00 e. The predicted molar refractivity (Wildman–Crippen MR) is 1.11 cm³/mol. The van der Waals surface area contributed by atoms with Crippen LogP contribution >= 0.6 is 0 Å². The predicted octanol–water partition coefficient (Wildman–Crippen LogP) is -2.89. The quantitative estimate of drug-likeness (QED) is 0.338. The second kappa shape index (κ2) is 18.2. The Balaban J connectivity index is 0. The van der Waals surface area contributed by atoms with Gasteiger partial charge in [-0.15, -0.1) is 0 Å². The Labute approximate surface area is 76.2 Å². The van der Waals surface area contributed by atoms with Crippen LogP contribution in [0.15, 0.2) is 0 Å². The molecule has 0 nitrogen and oxygen atoms in total.